The molecule has 0 unspecified atom stereocenters. The van der Waals surface area contributed by atoms with E-state index in [1.165, 1.54) is 60.7 Å². The van der Waals surface area contributed by atoms with Gasteiger partial charge in [-0.25, -0.2) is 12.8 Å². The van der Waals surface area contributed by atoms with Gasteiger partial charge >= 0.3 is 0 Å². The van der Waals surface area contributed by atoms with E-state index in [-0.39, 0.29) is 10.8 Å². The lowest BCUT2D eigenvalue weighted by atomic mass is 10.1. The second-order valence-electron chi connectivity index (χ2n) is 6.05. The fraction of sp³-hybridized carbons (Fsp3) is 0.0500. The average molecular weight is 419 g/mol. The molecular formula is C20H16ClFN2O3S. The topological polar surface area (TPSA) is 75.3 Å². The van der Waals surface area contributed by atoms with Crippen LogP contribution < -0.4 is 10.0 Å². The molecule has 0 saturated heterocycles. The van der Waals surface area contributed by atoms with Crippen molar-refractivity contribution in [2.24, 2.45) is 0 Å². The first kappa shape index (κ1) is 19.9. The second-order valence-corrected chi connectivity index (χ2v) is 8.17. The Morgan fingerprint density at radius 1 is 0.964 bits per heavy atom. The van der Waals surface area contributed by atoms with E-state index >= 15 is 0 Å². The van der Waals surface area contributed by atoms with Gasteiger partial charge in [-0.15, -0.1) is 0 Å². The molecule has 3 rings (SSSR count). The van der Waals surface area contributed by atoms with Crippen molar-refractivity contribution in [1.82, 2.24) is 0 Å². The molecule has 0 fully saturated rings. The van der Waals surface area contributed by atoms with Gasteiger partial charge in [0.25, 0.3) is 15.9 Å². The Morgan fingerprint density at radius 3 is 2.21 bits per heavy atom. The zero-order valence-corrected chi connectivity index (χ0v) is 16.3. The molecule has 0 aliphatic heterocycles. The zero-order chi connectivity index (χ0) is 20.3. The van der Waals surface area contributed by atoms with Crippen molar-refractivity contribution in [2.75, 3.05) is 10.0 Å². The van der Waals surface area contributed by atoms with Crippen molar-refractivity contribution in [3.05, 3.63) is 88.7 Å². The average Bonchev–Trinajstić information content (AvgIpc) is 2.65. The molecule has 3 aromatic rings. The smallest absolute Gasteiger partial charge is 0.261 e. The van der Waals surface area contributed by atoms with E-state index in [2.05, 4.69) is 10.0 Å². The summed E-state index contributed by atoms with van der Waals surface area (Å²) in [5.74, 6) is -0.784. The van der Waals surface area contributed by atoms with Gasteiger partial charge in [-0.1, -0.05) is 11.6 Å². The Bertz CT molecular complexity index is 1120. The first-order valence-electron chi connectivity index (χ1n) is 8.20. The van der Waals surface area contributed by atoms with Gasteiger partial charge in [0.05, 0.1) is 10.6 Å². The first-order valence-corrected chi connectivity index (χ1v) is 10.1. The molecular weight excluding hydrogens is 403 g/mol. The largest absolute Gasteiger partial charge is 0.322 e. The summed E-state index contributed by atoms with van der Waals surface area (Å²) in [5, 5.41) is 3.09. The number of anilines is 2. The molecule has 0 spiro atoms. The summed E-state index contributed by atoms with van der Waals surface area (Å²) < 4.78 is 40.4. The summed E-state index contributed by atoms with van der Waals surface area (Å²) in [4.78, 5) is 12.4. The summed E-state index contributed by atoms with van der Waals surface area (Å²) in [5.41, 5.74) is 1.73. The molecule has 0 saturated carbocycles. The number of hydrogen-bond donors (Lipinski definition) is 2. The van der Waals surface area contributed by atoms with Gasteiger partial charge in [0, 0.05) is 16.3 Å². The Labute approximate surface area is 167 Å². The van der Waals surface area contributed by atoms with Crippen LogP contribution in [0.1, 0.15) is 15.9 Å². The van der Waals surface area contributed by atoms with Gasteiger partial charge in [-0.05, 0) is 79.2 Å². The fourth-order valence-electron chi connectivity index (χ4n) is 2.47. The monoisotopic (exact) mass is 418 g/mol. The Hall–Kier alpha value is -2.90. The van der Waals surface area contributed by atoms with Crippen LogP contribution >= 0.6 is 11.6 Å². The molecule has 2 N–H and O–H groups in total. The van der Waals surface area contributed by atoms with Gasteiger partial charge in [0.1, 0.15) is 5.82 Å². The van der Waals surface area contributed by atoms with E-state index in [0.29, 0.717) is 27.5 Å². The van der Waals surface area contributed by atoms with Crippen molar-refractivity contribution < 1.29 is 17.6 Å². The van der Waals surface area contributed by atoms with Crippen LogP contribution in [0.3, 0.4) is 0 Å². The van der Waals surface area contributed by atoms with Crippen molar-refractivity contribution in [1.29, 1.82) is 0 Å². The molecule has 3 aromatic carbocycles. The maximum Gasteiger partial charge on any atom is 0.261 e. The SMILES string of the molecule is Cc1cc(C(=O)Nc2ccc(F)cc2)ccc1NS(=O)(=O)c1ccc(Cl)cc1. The third kappa shape index (κ3) is 4.68. The minimum Gasteiger partial charge on any atom is -0.322 e. The van der Waals surface area contributed by atoms with Gasteiger partial charge in [0.15, 0.2) is 0 Å². The van der Waals surface area contributed by atoms with Crippen LogP contribution in [0.25, 0.3) is 0 Å². The minimum absolute atomic E-state index is 0.0782. The number of halogens is 2. The summed E-state index contributed by atoms with van der Waals surface area (Å²) in [6.45, 7) is 1.69. The Kier molecular flexibility index (Phi) is 5.67. The molecule has 1 amide bonds. The normalized spacial score (nSPS) is 11.1. The first-order chi connectivity index (χ1) is 13.2. The quantitative estimate of drug-likeness (QED) is 0.622. The van der Waals surface area contributed by atoms with Gasteiger partial charge in [-0.2, -0.15) is 0 Å². The predicted octanol–water partition coefficient (Wildman–Crippen LogP) is 4.84. The summed E-state index contributed by atoms with van der Waals surface area (Å²) >= 11 is 5.79. The van der Waals surface area contributed by atoms with E-state index in [4.69, 9.17) is 11.6 Å². The van der Waals surface area contributed by atoms with Crippen LogP contribution in [-0.4, -0.2) is 14.3 Å². The number of carbonyl (C=O) groups excluding carboxylic acids is 1. The third-order valence-electron chi connectivity index (χ3n) is 3.96. The Morgan fingerprint density at radius 2 is 1.61 bits per heavy atom. The molecule has 0 aliphatic rings. The summed E-state index contributed by atoms with van der Waals surface area (Å²) in [6, 6.07) is 15.8. The highest BCUT2D eigenvalue weighted by Crippen LogP contribution is 2.22. The van der Waals surface area contributed by atoms with Crippen LogP contribution in [0.15, 0.2) is 71.6 Å². The van der Waals surface area contributed by atoms with Gasteiger partial charge < -0.3 is 5.32 Å². The van der Waals surface area contributed by atoms with E-state index < -0.39 is 15.8 Å². The van der Waals surface area contributed by atoms with E-state index in [0.717, 1.165) is 0 Å². The number of hydrogen-bond acceptors (Lipinski definition) is 3. The van der Waals surface area contributed by atoms with Crippen molar-refractivity contribution in [3.8, 4) is 0 Å². The van der Waals surface area contributed by atoms with Crippen molar-refractivity contribution in [3.63, 3.8) is 0 Å². The molecule has 0 aliphatic carbocycles. The maximum absolute atomic E-state index is 12.9. The Balaban J connectivity index is 1.77. The number of amides is 1. The van der Waals surface area contributed by atoms with Crippen LogP contribution in [-0.2, 0) is 10.0 Å². The molecule has 5 nitrogen and oxygen atoms in total. The van der Waals surface area contributed by atoms with E-state index in [1.54, 1.807) is 13.0 Å². The van der Waals surface area contributed by atoms with E-state index in [9.17, 15) is 17.6 Å². The minimum atomic E-state index is -3.78. The highest BCUT2D eigenvalue weighted by Gasteiger charge is 2.16. The third-order valence-corrected chi connectivity index (χ3v) is 5.59. The lowest BCUT2D eigenvalue weighted by Gasteiger charge is -2.12. The number of sulfonamides is 1. The zero-order valence-electron chi connectivity index (χ0n) is 14.7. The van der Waals surface area contributed by atoms with Crippen LogP contribution in [0, 0.1) is 12.7 Å². The second kappa shape index (κ2) is 8.00. The van der Waals surface area contributed by atoms with Crippen LogP contribution in [0.5, 0.6) is 0 Å². The molecule has 144 valence electrons. The van der Waals surface area contributed by atoms with Crippen molar-refractivity contribution >= 4 is 38.9 Å². The maximum atomic E-state index is 12.9. The molecule has 0 heterocycles. The number of aryl methyl sites for hydroxylation is 1. The number of rotatable bonds is 5. The van der Waals surface area contributed by atoms with Gasteiger partial charge in [0.2, 0.25) is 0 Å². The highest BCUT2D eigenvalue weighted by atomic mass is 35.5. The summed E-state index contributed by atoms with van der Waals surface area (Å²) in [7, 11) is -3.78. The summed E-state index contributed by atoms with van der Waals surface area (Å²) in [6.07, 6.45) is 0. The number of nitrogens with one attached hydrogen (secondary N) is 2. The van der Waals surface area contributed by atoms with Crippen LogP contribution in [0.4, 0.5) is 15.8 Å². The van der Waals surface area contributed by atoms with Crippen molar-refractivity contribution in [2.45, 2.75) is 11.8 Å². The fourth-order valence-corrected chi connectivity index (χ4v) is 3.73. The van der Waals surface area contributed by atoms with Gasteiger partial charge in [-0.3, -0.25) is 9.52 Å². The molecule has 8 heteroatoms. The number of benzene rings is 3. The lowest BCUT2D eigenvalue weighted by molar-refractivity contribution is 0.102. The predicted molar refractivity (Wildman–Crippen MR) is 108 cm³/mol. The van der Waals surface area contributed by atoms with E-state index in [1.807, 2.05) is 0 Å². The highest BCUT2D eigenvalue weighted by molar-refractivity contribution is 7.92. The molecule has 0 aromatic heterocycles. The molecule has 0 radical (unpaired) electrons. The number of carbonyl (C=O) groups is 1. The van der Waals surface area contributed by atoms with Crippen LogP contribution in [0.2, 0.25) is 5.02 Å². The molecule has 28 heavy (non-hydrogen) atoms. The standard InChI is InChI=1S/C20H16ClFN2O3S/c1-13-12-14(20(25)23-17-7-5-16(22)6-8-17)2-11-19(13)24-28(26,27)18-9-3-15(21)4-10-18/h2-12,24H,1H3,(H,23,25). The molecule has 0 atom stereocenters. The lowest BCUT2D eigenvalue weighted by Crippen LogP contribution is -2.15. The molecule has 0 bridgehead atoms.